The van der Waals surface area contributed by atoms with Gasteiger partial charge in [-0.3, -0.25) is 4.57 Å². The first-order valence-corrected chi connectivity index (χ1v) is 9.24. The summed E-state index contributed by atoms with van der Waals surface area (Å²) in [5.74, 6) is -1.01. The number of nitrogens with one attached hydrogen (secondary N) is 1. The first kappa shape index (κ1) is 17.6. The number of H-pyrrole nitrogens is 1. The van der Waals surface area contributed by atoms with Crippen molar-refractivity contribution in [1.82, 2.24) is 9.55 Å². The fourth-order valence-electron chi connectivity index (χ4n) is 4.22. The maximum Gasteiger partial charge on any atom is 0.335 e. The molecule has 5 nitrogen and oxygen atoms in total. The van der Waals surface area contributed by atoms with Gasteiger partial charge in [0.15, 0.2) is 0 Å². The largest absolute Gasteiger partial charge is 0.478 e. The van der Waals surface area contributed by atoms with Crippen LogP contribution >= 0.6 is 0 Å². The molecule has 5 heteroatoms. The highest BCUT2D eigenvalue weighted by molar-refractivity contribution is 5.92. The monoisotopic (exact) mass is 364 g/mol. The van der Waals surface area contributed by atoms with Crippen LogP contribution in [0.5, 0.6) is 0 Å². The van der Waals surface area contributed by atoms with Crippen LogP contribution in [0, 0.1) is 0 Å². The van der Waals surface area contributed by atoms with Crippen LogP contribution in [0.1, 0.15) is 62.0 Å². The number of nitrogens with zero attached hydrogens (tertiary/aromatic N) is 1. The topological polar surface area (TPSA) is 75.1 Å². The number of carboxylic acid groups (broad SMARTS) is 1. The van der Waals surface area contributed by atoms with Crippen molar-refractivity contribution < 1.29 is 9.90 Å². The van der Waals surface area contributed by atoms with E-state index in [0.717, 1.165) is 18.5 Å². The molecule has 1 aliphatic carbocycles. The molecule has 0 fully saturated rings. The number of hydrogen-bond donors (Lipinski definition) is 2. The zero-order valence-corrected chi connectivity index (χ0v) is 16.1. The molecule has 0 atom stereocenters. The van der Waals surface area contributed by atoms with Gasteiger partial charge in [0, 0.05) is 0 Å². The smallest absolute Gasteiger partial charge is 0.335 e. The van der Waals surface area contributed by atoms with E-state index in [1.54, 1.807) is 10.6 Å². The minimum absolute atomic E-state index is 0.0487. The van der Waals surface area contributed by atoms with Gasteiger partial charge < -0.3 is 10.1 Å². The standard InChI is InChI=1S/C22H24N2O3/c1-21(2)9-10-22(3,4)16-12-14(6-7-15(16)21)24-18-8-5-13(19(25)26)11-17(18)23-20(24)27/h5-8,11-12H,9-10H2,1-4H3,(H,23,27)(H,25,26). The molecule has 0 saturated heterocycles. The van der Waals surface area contributed by atoms with Crippen molar-refractivity contribution in [3.8, 4) is 5.69 Å². The van der Waals surface area contributed by atoms with Crippen molar-refractivity contribution in [1.29, 1.82) is 0 Å². The zero-order chi connectivity index (χ0) is 19.6. The second-order valence-electron chi connectivity index (χ2n) is 8.80. The predicted molar refractivity (Wildman–Crippen MR) is 106 cm³/mol. The highest BCUT2D eigenvalue weighted by atomic mass is 16.4. The Bertz CT molecular complexity index is 1130. The van der Waals surface area contributed by atoms with Gasteiger partial charge in [0.25, 0.3) is 0 Å². The van der Waals surface area contributed by atoms with Crippen molar-refractivity contribution in [3.63, 3.8) is 0 Å². The molecule has 3 aromatic rings. The summed E-state index contributed by atoms with van der Waals surface area (Å²) in [5.41, 5.74) is 4.68. The summed E-state index contributed by atoms with van der Waals surface area (Å²) in [6.07, 6.45) is 2.23. The first-order chi connectivity index (χ1) is 12.6. The van der Waals surface area contributed by atoms with Crippen molar-refractivity contribution in [3.05, 3.63) is 63.6 Å². The second-order valence-corrected chi connectivity index (χ2v) is 8.80. The number of carboxylic acids is 1. The molecule has 140 valence electrons. The van der Waals surface area contributed by atoms with Crippen LogP contribution < -0.4 is 5.69 Å². The Balaban J connectivity index is 1.94. The molecule has 0 bridgehead atoms. The Labute approximate surface area is 157 Å². The lowest BCUT2D eigenvalue weighted by atomic mass is 9.63. The van der Waals surface area contributed by atoms with Crippen LogP contribution in [-0.2, 0) is 10.8 Å². The molecule has 0 saturated carbocycles. The van der Waals surface area contributed by atoms with Gasteiger partial charge in [-0.15, -0.1) is 0 Å². The summed E-state index contributed by atoms with van der Waals surface area (Å²) in [6, 6.07) is 11.0. The number of hydrogen-bond acceptors (Lipinski definition) is 2. The second kappa shape index (κ2) is 5.59. The van der Waals surface area contributed by atoms with E-state index in [2.05, 4.69) is 44.8 Å². The summed E-state index contributed by atoms with van der Waals surface area (Å²) in [7, 11) is 0. The lowest BCUT2D eigenvalue weighted by molar-refractivity contribution is 0.0697. The minimum atomic E-state index is -1.01. The molecular formula is C22H24N2O3. The SMILES string of the molecule is CC1(C)CCC(C)(C)c2cc(-n3c(=O)[nH]c4cc(C(=O)O)ccc43)ccc21. The van der Waals surface area contributed by atoms with Crippen molar-refractivity contribution in [2.75, 3.05) is 0 Å². The number of aromatic carboxylic acids is 1. The van der Waals surface area contributed by atoms with E-state index < -0.39 is 5.97 Å². The van der Waals surface area contributed by atoms with Gasteiger partial charge in [0.1, 0.15) is 0 Å². The number of carbonyl (C=O) groups is 1. The van der Waals surface area contributed by atoms with E-state index in [1.807, 2.05) is 6.07 Å². The maximum atomic E-state index is 12.6. The van der Waals surface area contributed by atoms with Gasteiger partial charge in [0.2, 0.25) is 0 Å². The molecule has 0 unspecified atom stereocenters. The summed E-state index contributed by atoms with van der Waals surface area (Å²) in [6.45, 7) is 9.04. The molecule has 2 aromatic carbocycles. The van der Waals surface area contributed by atoms with Gasteiger partial charge in [-0.05, 0) is 65.1 Å². The zero-order valence-electron chi connectivity index (χ0n) is 16.1. The molecule has 0 aliphatic heterocycles. The van der Waals surface area contributed by atoms with E-state index in [-0.39, 0.29) is 22.1 Å². The van der Waals surface area contributed by atoms with Gasteiger partial charge >= 0.3 is 11.7 Å². The van der Waals surface area contributed by atoms with E-state index in [9.17, 15) is 14.7 Å². The fraction of sp³-hybridized carbons (Fsp3) is 0.364. The maximum absolute atomic E-state index is 12.6. The van der Waals surface area contributed by atoms with Gasteiger partial charge in [-0.25, -0.2) is 9.59 Å². The normalized spacial score (nSPS) is 17.6. The third-order valence-corrected chi connectivity index (χ3v) is 6.02. The predicted octanol–water partition coefficient (Wildman–Crippen LogP) is 4.37. The lowest BCUT2D eigenvalue weighted by Crippen LogP contribution is -2.34. The quantitative estimate of drug-likeness (QED) is 0.709. The summed E-state index contributed by atoms with van der Waals surface area (Å²) in [5, 5.41) is 9.18. The molecule has 0 radical (unpaired) electrons. The molecule has 4 rings (SSSR count). The fourth-order valence-corrected chi connectivity index (χ4v) is 4.22. The lowest BCUT2D eigenvalue weighted by Gasteiger charge is -2.42. The Kier molecular flexibility index (Phi) is 3.64. The number of rotatable bonds is 2. The number of benzene rings is 2. The minimum Gasteiger partial charge on any atom is -0.478 e. The third-order valence-electron chi connectivity index (χ3n) is 6.02. The average molecular weight is 364 g/mol. The molecular weight excluding hydrogens is 340 g/mol. The van der Waals surface area contributed by atoms with Crippen LogP contribution in [0.2, 0.25) is 0 Å². The van der Waals surface area contributed by atoms with Crippen molar-refractivity contribution in [2.45, 2.75) is 51.4 Å². The number of fused-ring (bicyclic) bond motifs is 2. The van der Waals surface area contributed by atoms with Gasteiger partial charge in [-0.2, -0.15) is 0 Å². The first-order valence-electron chi connectivity index (χ1n) is 9.24. The van der Waals surface area contributed by atoms with E-state index in [4.69, 9.17) is 0 Å². The molecule has 0 spiro atoms. The van der Waals surface area contributed by atoms with Gasteiger partial charge in [-0.1, -0.05) is 33.8 Å². The van der Waals surface area contributed by atoms with Gasteiger partial charge in [0.05, 0.1) is 22.3 Å². The summed E-state index contributed by atoms with van der Waals surface area (Å²) >= 11 is 0. The molecule has 1 aromatic heterocycles. The van der Waals surface area contributed by atoms with Crippen LogP contribution in [0.4, 0.5) is 0 Å². The number of aromatic amines is 1. The summed E-state index contributed by atoms with van der Waals surface area (Å²) < 4.78 is 1.62. The number of aromatic nitrogens is 2. The average Bonchev–Trinajstić information content (AvgIpc) is 2.93. The van der Waals surface area contributed by atoms with Crippen LogP contribution in [0.15, 0.2) is 41.2 Å². The molecule has 0 amide bonds. The molecule has 1 heterocycles. The van der Waals surface area contributed by atoms with Crippen LogP contribution in [0.3, 0.4) is 0 Å². The van der Waals surface area contributed by atoms with Crippen molar-refractivity contribution in [2.24, 2.45) is 0 Å². The van der Waals surface area contributed by atoms with E-state index >= 15 is 0 Å². The molecule has 2 N–H and O–H groups in total. The van der Waals surface area contributed by atoms with E-state index in [0.29, 0.717) is 11.0 Å². The number of imidazole rings is 1. The highest BCUT2D eigenvalue weighted by Crippen LogP contribution is 2.46. The third kappa shape index (κ3) is 2.69. The highest BCUT2D eigenvalue weighted by Gasteiger charge is 2.37. The van der Waals surface area contributed by atoms with E-state index in [1.165, 1.54) is 23.3 Å². The Morgan fingerprint density at radius 3 is 2.33 bits per heavy atom. The Hall–Kier alpha value is -2.82. The Morgan fingerprint density at radius 1 is 1.00 bits per heavy atom. The molecule has 1 aliphatic rings. The summed E-state index contributed by atoms with van der Waals surface area (Å²) in [4.78, 5) is 26.6. The van der Waals surface area contributed by atoms with Crippen molar-refractivity contribution >= 4 is 17.0 Å². The van der Waals surface area contributed by atoms with Crippen LogP contribution in [-0.4, -0.2) is 20.6 Å². The Morgan fingerprint density at radius 2 is 1.67 bits per heavy atom. The molecule has 27 heavy (non-hydrogen) atoms. The van der Waals surface area contributed by atoms with Crippen LogP contribution in [0.25, 0.3) is 16.7 Å².